The highest BCUT2D eigenvalue weighted by atomic mass is 16.3. The van der Waals surface area contributed by atoms with Crippen molar-refractivity contribution in [1.29, 1.82) is 0 Å². The number of nitrogens with zero attached hydrogens (tertiary/aromatic N) is 1. The van der Waals surface area contributed by atoms with Gasteiger partial charge in [-0.25, -0.2) is 0 Å². The van der Waals surface area contributed by atoms with Crippen molar-refractivity contribution in [3.05, 3.63) is 0 Å². The molecule has 90 valence electrons. The predicted octanol–water partition coefficient (Wildman–Crippen LogP) is 1.08. The van der Waals surface area contributed by atoms with Gasteiger partial charge in [0.1, 0.15) is 0 Å². The summed E-state index contributed by atoms with van der Waals surface area (Å²) in [5.41, 5.74) is 0.517. The van der Waals surface area contributed by atoms with Crippen molar-refractivity contribution in [3.8, 4) is 0 Å². The summed E-state index contributed by atoms with van der Waals surface area (Å²) in [4.78, 5) is 2.47. The van der Waals surface area contributed by atoms with E-state index in [1.54, 1.807) is 0 Å². The fraction of sp³-hybridized carbons (Fsp3) is 1.00. The minimum absolute atomic E-state index is 0.244. The van der Waals surface area contributed by atoms with Crippen molar-refractivity contribution >= 4 is 0 Å². The van der Waals surface area contributed by atoms with Gasteiger partial charge in [-0.2, -0.15) is 0 Å². The normalized spacial score (nSPS) is 24.0. The van der Waals surface area contributed by atoms with Crippen LogP contribution in [-0.4, -0.2) is 48.8 Å². The lowest BCUT2D eigenvalue weighted by molar-refractivity contribution is 0.109. The number of hydrogen-bond donors (Lipinski definition) is 2. The van der Waals surface area contributed by atoms with Gasteiger partial charge in [-0.15, -0.1) is 0 Å². The number of nitrogens with one attached hydrogen (secondary N) is 1. The Kier molecular flexibility index (Phi) is 5.03. The van der Waals surface area contributed by atoms with Crippen LogP contribution in [0.25, 0.3) is 0 Å². The first-order chi connectivity index (χ1) is 7.07. The predicted molar refractivity (Wildman–Crippen MR) is 64.0 cm³/mol. The topological polar surface area (TPSA) is 35.5 Å². The first kappa shape index (κ1) is 12.9. The molecule has 1 atom stereocenters. The summed E-state index contributed by atoms with van der Waals surface area (Å²) in [5.74, 6) is 0. The summed E-state index contributed by atoms with van der Waals surface area (Å²) in [6, 6.07) is 0.246. The van der Waals surface area contributed by atoms with E-state index in [9.17, 15) is 5.11 Å². The van der Waals surface area contributed by atoms with Gasteiger partial charge >= 0.3 is 0 Å². The number of likely N-dealkylation sites (N-methyl/N-ethyl adjacent to an activating group) is 1. The molecule has 0 spiro atoms. The van der Waals surface area contributed by atoms with Crippen LogP contribution in [-0.2, 0) is 0 Å². The van der Waals surface area contributed by atoms with Crippen LogP contribution in [0.3, 0.4) is 0 Å². The molecule has 0 bridgehead atoms. The molecule has 1 unspecified atom stereocenters. The van der Waals surface area contributed by atoms with Crippen LogP contribution in [0.4, 0.5) is 0 Å². The Balaban J connectivity index is 2.28. The van der Waals surface area contributed by atoms with E-state index in [0.29, 0.717) is 5.41 Å². The third-order valence-electron chi connectivity index (χ3n) is 3.40. The number of rotatable bonds is 5. The minimum atomic E-state index is 0.244. The van der Waals surface area contributed by atoms with Gasteiger partial charge in [-0.05, 0) is 37.9 Å². The largest absolute Gasteiger partial charge is 0.395 e. The highest BCUT2D eigenvalue weighted by molar-refractivity contribution is 4.81. The minimum Gasteiger partial charge on any atom is -0.395 e. The zero-order valence-electron chi connectivity index (χ0n) is 10.4. The molecule has 1 aliphatic heterocycles. The van der Waals surface area contributed by atoms with Crippen LogP contribution < -0.4 is 5.32 Å². The number of aliphatic hydroxyl groups is 1. The van der Waals surface area contributed by atoms with Crippen LogP contribution in [0, 0.1) is 5.41 Å². The highest BCUT2D eigenvalue weighted by Gasteiger charge is 2.26. The highest BCUT2D eigenvalue weighted by Crippen LogP contribution is 2.29. The summed E-state index contributed by atoms with van der Waals surface area (Å²) in [5, 5.41) is 12.5. The Labute approximate surface area is 93.9 Å². The summed E-state index contributed by atoms with van der Waals surface area (Å²) >= 11 is 0. The monoisotopic (exact) mass is 214 g/mol. The molecular formula is C12H26N2O. The molecule has 0 amide bonds. The fourth-order valence-electron chi connectivity index (χ4n) is 2.13. The molecule has 1 aliphatic rings. The smallest absolute Gasteiger partial charge is 0.0597 e. The first-order valence-corrected chi connectivity index (χ1v) is 6.14. The average molecular weight is 214 g/mol. The number of piperidine rings is 1. The van der Waals surface area contributed by atoms with Gasteiger partial charge in [-0.1, -0.05) is 20.8 Å². The second kappa shape index (κ2) is 5.83. The van der Waals surface area contributed by atoms with Gasteiger partial charge in [0.25, 0.3) is 0 Å². The SMILES string of the molecule is CCNC(CO)CN1CCC(C)(C)CC1. The molecule has 0 aliphatic carbocycles. The molecule has 1 heterocycles. The van der Waals surface area contributed by atoms with Gasteiger partial charge in [0.05, 0.1) is 6.61 Å². The third-order valence-corrected chi connectivity index (χ3v) is 3.40. The van der Waals surface area contributed by atoms with E-state index < -0.39 is 0 Å². The zero-order valence-corrected chi connectivity index (χ0v) is 10.4. The van der Waals surface area contributed by atoms with Gasteiger partial charge in [0.15, 0.2) is 0 Å². The first-order valence-electron chi connectivity index (χ1n) is 6.14. The van der Waals surface area contributed by atoms with Crippen molar-refractivity contribution in [1.82, 2.24) is 10.2 Å². The summed E-state index contributed by atoms with van der Waals surface area (Å²) < 4.78 is 0. The quantitative estimate of drug-likeness (QED) is 0.719. The Morgan fingerprint density at radius 2 is 1.93 bits per heavy atom. The van der Waals surface area contributed by atoms with Crippen LogP contribution >= 0.6 is 0 Å². The molecule has 1 saturated heterocycles. The lowest BCUT2D eigenvalue weighted by atomic mass is 9.82. The maximum atomic E-state index is 9.20. The van der Waals surface area contributed by atoms with E-state index in [2.05, 4.69) is 31.0 Å². The molecule has 0 aromatic heterocycles. The van der Waals surface area contributed by atoms with E-state index >= 15 is 0 Å². The van der Waals surface area contributed by atoms with Gasteiger partial charge < -0.3 is 15.3 Å². The van der Waals surface area contributed by atoms with Crippen molar-refractivity contribution < 1.29 is 5.11 Å². The Morgan fingerprint density at radius 3 is 2.40 bits per heavy atom. The second-order valence-electron chi connectivity index (χ2n) is 5.40. The lowest BCUT2D eigenvalue weighted by Crippen LogP contribution is -2.47. The summed E-state index contributed by atoms with van der Waals surface area (Å²) in [7, 11) is 0. The van der Waals surface area contributed by atoms with E-state index in [4.69, 9.17) is 0 Å². The zero-order chi connectivity index (χ0) is 11.3. The Bertz CT molecular complexity index is 172. The van der Waals surface area contributed by atoms with Gasteiger partial charge in [-0.3, -0.25) is 0 Å². The molecule has 0 radical (unpaired) electrons. The molecule has 2 N–H and O–H groups in total. The molecule has 3 nitrogen and oxygen atoms in total. The molecule has 3 heteroatoms. The van der Waals surface area contributed by atoms with Crippen molar-refractivity contribution in [2.75, 3.05) is 32.8 Å². The van der Waals surface area contributed by atoms with Gasteiger partial charge in [0, 0.05) is 12.6 Å². The number of likely N-dealkylation sites (tertiary alicyclic amines) is 1. The molecular weight excluding hydrogens is 188 g/mol. The summed E-state index contributed by atoms with van der Waals surface area (Å²) in [6.45, 7) is 11.3. The van der Waals surface area contributed by atoms with Crippen molar-refractivity contribution in [2.45, 2.75) is 39.7 Å². The second-order valence-corrected chi connectivity index (χ2v) is 5.40. The molecule has 1 rings (SSSR count). The van der Waals surface area contributed by atoms with Crippen LogP contribution in [0.15, 0.2) is 0 Å². The summed E-state index contributed by atoms with van der Waals surface area (Å²) in [6.07, 6.45) is 2.55. The Hall–Kier alpha value is -0.120. The maximum Gasteiger partial charge on any atom is 0.0597 e. The molecule has 0 aromatic carbocycles. The van der Waals surface area contributed by atoms with Crippen LogP contribution in [0.5, 0.6) is 0 Å². The molecule has 1 fully saturated rings. The van der Waals surface area contributed by atoms with Gasteiger partial charge in [0.2, 0.25) is 0 Å². The molecule has 0 aromatic rings. The average Bonchev–Trinajstić information content (AvgIpc) is 2.20. The number of hydrogen-bond acceptors (Lipinski definition) is 3. The van der Waals surface area contributed by atoms with E-state index in [1.807, 2.05) is 0 Å². The van der Waals surface area contributed by atoms with E-state index in [1.165, 1.54) is 25.9 Å². The third kappa shape index (κ3) is 4.49. The standard InChI is InChI=1S/C12H26N2O/c1-4-13-11(10-15)9-14-7-5-12(2,3)6-8-14/h11,13,15H,4-10H2,1-3H3. The Morgan fingerprint density at radius 1 is 1.33 bits per heavy atom. The van der Waals surface area contributed by atoms with E-state index in [0.717, 1.165) is 13.1 Å². The van der Waals surface area contributed by atoms with Crippen molar-refractivity contribution in [3.63, 3.8) is 0 Å². The van der Waals surface area contributed by atoms with E-state index in [-0.39, 0.29) is 12.6 Å². The van der Waals surface area contributed by atoms with Crippen LogP contribution in [0.2, 0.25) is 0 Å². The maximum absolute atomic E-state index is 9.20. The lowest BCUT2D eigenvalue weighted by Gasteiger charge is -2.38. The van der Waals surface area contributed by atoms with Crippen LogP contribution in [0.1, 0.15) is 33.6 Å². The fourth-order valence-corrected chi connectivity index (χ4v) is 2.13. The molecule has 0 saturated carbocycles. The van der Waals surface area contributed by atoms with Crippen molar-refractivity contribution in [2.24, 2.45) is 5.41 Å². The molecule has 15 heavy (non-hydrogen) atoms. The number of aliphatic hydroxyl groups excluding tert-OH is 1.